The Morgan fingerprint density at radius 2 is 2.20 bits per heavy atom. The molecule has 0 amide bonds. The molecule has 0 aromatic carbocycles. The highest BCUT2D eigenvalue weighted by Crippen LogP contribution is 2.11. The minimum Gasteiger partial charge on any atom is -0.457 e. The molecule has 0 bridgehead atoms. The van der Waals surface area contributed by atoms with E-state index in [0.29, 0.717) is 0 Å². The molecular weight excluding hydrogens is 156 g/mol. The van der Waals surface area contributed by atoms with E-state index in [1.807, 2.05) is 0 Å². The highest BCUT2D eigenvalue weighted by atomic mass is 32.2. The van der Waals surface area contributed by atoms with Gasteiger partial charge in [0.1, 0.15) is 6.61 Å². The summed E-state index contributed by atoms with van der Waals surface area (Å²) < 4.78 is 25.7. The first-order valence-electron chi connectivity index (χ1n) is 2.57. The third-order valence-electron chi connectivity index (χ3n) is 1.11. The van der Waals surface area contributed by atoms with Gasteiger partial charge in [0.05, 0.1) is 4.91 Å². The van der Waals surface area contributed by atoms with Crippen LogP contribution < -0.4 is 0 Å². The van der Waals surface area contributed by atoms with Crippen LogP contribution in [-0.2, 0) is 19.4 Å². The zero-order valence-corrected chi connectivity index (χ0v) is 6.14. The van der Waals surface area contributed by atoms with Crippen molar-refractivity contribution < 1.29 is 17.9 Å². The van der Waals surface area contributed by atoms with Gasteiger partial charge >= 0.3 is 5.97 Å². The van der Waals surface area contributed by atoms with Gasteiger partial charge in [-0.3, -0.25) is 0 Å². The maximum absolute atomic E-state index is 10.7. The zero-order valence-electron chi connectivity index (χ0n) is 5.33. The van der Waals surface area contributed by atoms with E-state index < -0.39 is 15.8 Å². The number of carbonyl (C=O) groups is 1. The van der Waals surface area contributed by atoms with E-state index in [9.17, 15) is 13.2 Å². The van der Waals surface area contributed by atoms with E-state index >= 15 is 0 Å². The third kappa shape index (κ3) is 1.36. The summed E-state index contributed by atoms with van der Waals surface area (Å²) in [7, 11) is -3.22. The summed E-state index contributed by atoms with van der Waals surface area (Å²) in [6.45, 7) is -0.113. The summed E-state index contributed by atoms with van der Waals surface area (Å²) in [5.41, 5.74) is 0. The van der Waals surface area contributed by atoms with Crippen LogP contribution in [0.25, 0.3) is 0 Å². The molecule has 1 rings (SSSR count). The lowest BCUT2D eigenvalue weighted by Crippen LogP contribution is -2.01. The minimum absolute atomic E-state index is 0.0532. The van der Waals surface area contributed by atoms with Gasteiger partial charge < -0.3 is 4.74 Å². The number of esters is 1. The molecule has 0 radical (unpaired) electrons. The van der Waals surface area contributed by atoms with Crippen LogP contribution >= 0.6 is 0 Å². The first-order chi connectivity index (χ1) is 4.50. The highest BCUT2D eigenvalue weighted by molar-refractivity contribution is 7.94. The molecule has 0 spiro atoms. The molecule has 0 saturated carbocycles. The molecule has 1 heterocycles. The normalized spacial score (nSPS) is 18.5. The molecule has 4 nitrogen and oxygen atoms in total. The van der Waals surface area contributed by atoms with Crippen LogP contribution in [-0.4, -0.2) is 27.2 Å². The van der Waals surface area contributed by atoms with Crippen molar-refractivity contribution in [3.63, 3.8) is 0 Å². The van der Waals surface area contributed by atoms with Crippen molar-refractivity contribution in [1.29, 1.82) is 0 Å². The lowest BCUT2D eigenvalue weighted by atomic mass is 10.6. The van der Waals surface area contributed by atoms with Gasteiger partial charge in [-0.15, -0.1) is 0 Å². The average Bonchev–Trinajstić information content (AvgIpc) is 2.11. The van der Waals surface area contributed by atoms with E-state index in [2.05, 4.69) is 4.74 Å². The number of hydrogen-bond acceptors (Lipinski definition) is 4. The topological polar surface area (TPSA) is 60.4 Å². The Bertz CT molecular complexity index is 285. The van der Waals surface area contributed by atoms with Gasteiger partial charge in [-0.25, -0.2) is 13.2 Å². The first-order valence-corrected chi connectivity index (χ1v) is 4.46. The summed E-state index contributed by atoms with van der Waals surface area (Å²) in [5, 5.41) is 0. The molecule has 0 aliphatic carbocycles. The third-order valence-corrected chi connectivity index (χ3v) is 2.30. The molecule has 0 fully saturated rings. The van der Waals surface area contributed by atoms with Gasteiger partial charge in [-0.1, -0.05) is 0 Å². The number of hydrogen-bond donors (Lipinski definition) is 0. The minimum atomic E-state index is -3.22. The monoisotopic (exact) mass is 162 g/mol. The van der Waals surface area contributed by atoms with E-state index in [1.54, 1.807) is 0 Å². The second-order valence-corrected chi connectivity index (χ2v) is 4.06. The van der Waals surface area contributed by atoms with E-state index in [4.69, 9.17) is 0 Å². The van der Waals surface area contributed by atoms with Crippen LogP contribution in [0.4, 0.5) is 0 Å². The number of ether oxygens (including phenoxy) is 1. The quantitative estimate of drug-likeness (QED) is 0.486. The Labute approximate surface area is 58.4 Å². The lowest BCUT2D eigenvalue weighted by molar-refractivity contribution is -0.134. The largest absolute Gasteiger partial charge is 0.457 e. The van der Waals surface area contributed by atoms with Crippen molar-refractivity contribution in [2.45, 2.75) is 0 Å². The van der Waals surface area contributed by atoms with Crippen molar-refractivity contribution >= 4 is 15.8 Å². The van der Waals surface area contributed by atoms with Crippen LogP contribution in [0, 0.1) is 0 Å². The zero-order chi connectivity index (χ0) is 7.78. The smallest absolute Gasteiger partial charge is 0.332 e. The van der Waals surface area contributed by atoms with Crippen LogP contribution in [0.2, 0.25) is 0 Å². The van der Waals surface area contributed by atoms with Crippen LogP contribution in [0.3, 0.4) is 0 Å². The van der Waals surface area contributed by atoms with Crippen molar-refractivity contribution in [1.82, 2.24) is 0 Å². The fraction of sp³-hybridized carbons (Fsp3) is 0.400. The maximum atomic E-state index is 10.7. The Hall–Kier alpha value is -0.840. The Morgan fingerprint density at radius 1 is 1.60 bits per heavy atom. The Morgan fingerprint density at radius 3 is 2.40 bits per heavy atom. The van der Waals surface area contributed by atoms with Crippen molar-refractivity contribution in [3.05, 3.63) is 11.0 Å². The van der Waals surface area contributed by atoms with Crippen LogP contribution in [0.15, 0.2) is 11.0 Å². The number of cyclic esters (lactones) is 1. The number of sulfone groups is 1. The van der Waals surface area contributed by atoms with Crippen molar-refractivity contribution in [2.75, 3.05) is 12.9 Å². The van der Waals surface area contributed by atoms with Gasteiger partial charge in [-0.05, 0) is 0 Å². The summed E-state index contributed by atoms with van der Waals surface area (Å²) in [6, 6.07) is 0. The summed E-state index contributed by atoms with van der Waals surface area (Å²) in [6.07, 6.45) is 2.04. The van der Waals surface area contributed by atoms with Gasteiger partial charge in [0.25, 0.3) is 0 Å². The SMILES string of the molecule is CS(=O)(=O)C1=CC(=O)OC1. The number of carbonyl (C=O) groups excluding carboxylic acids is 1. The second kappa shape index (κ2) is 2.09. The Kier molecular flexibility index (Phi) is 1.52. The average molecular weight is 162 g/mol. The molecule has 0 aromatic rings. The van der Waals surface area contributed by atoms with Gasteiger partial charge in [0.2, 0.25) is 0 Å². The molecule has 0 aromatic heterocycles. The van der Waals surface area contributed by atoms with Gasteiger partial charge in [-0.2, -0.15) is 0 Å². The fourth-order valence-corrected chi connectivity index (χ4v) is 1.15. The predicted octanol–water partition coefficient (Wildman–Crippen LogP) is -0.528. The molecule has 0 N–H and O–H groups in total. The molecule has 5 heteroatoms. The van der Waals surface area contributed by atoms with Crippen molar-refractivity contribution in [2.24, 2.45) is 0 Å². The van der Waals surface area contributed by atoms with Gasteiger partial charge in [0, 0.05) is 12.3 Å². The summed E-state index contributed by atoms with van der Waals surface area (Å²) in [5.74, 6) is -0.583. The van der Waals surface area contributed by atoms with Crippen LogP contribution in [0.5, 0.6) is 0 Å². The van der Waals surface area contributed by atoms with E-state index in [1.165, 1.54) is 0 Å². The molecular formula is C5H6O4S. The number of rotatable bonds is 1. The molecule has 1 aliphatic heterocycles. The molecule has 0 atom stereocenters. The first kappa shape index (κ1) is 7.27. The molecule has 0 saturated heterocycles. The van der Waals surface area contributed by atoms with Crippen molar-refractivity contribution in [3.8, 4) is 0 Å². The second-order valence-electron chi connectivity index (χ2n) is 1.99. The maximum Gasteiger partial charge on any atom is 0.332 e. The van der Waals surface area contributed by atoms with Crippen LogP contribution in [0.1, 0.15) is 0 Å². The molecule has 10 heavy (non-hydrogen) atoms. The Balaban J connectivity index is 2.98. The van der Waals surface area contributed by atoms with Gasteiger partial charge in [0.15, 0.2) is 9.84 Å². The fourth-order valence-electron chi connectivity index (χ4n) is 0.571. The molecule has 0 unspecified atom stereocenters. The summed E-state index contributed by atoms with van der Waals surface area (Å²) >= 11 is 0. The predicted molar refractivity (Wildman–Crippen MR) is 33.9 cm³/mol. The molecule has 1 aliphatic rings. The standard InChI is InChI=1S/C5H6O4S/c1-10(7,8)4-2-5(6)9-3-4/h2H,3H2,1H3. The van der Waals surface area contributed by atoms with E-state index in [-0.39, 0.29) is 11.5 Å². The lowest BCUT2D eigenvalue weighted by Gasteiger charge is -1.93. The van der Waals surface area contributed by atoms with E-state index in [0.717, 1.165) is 12.3 Å². The molecule has 56 valence electrons. The highest BCUT2D eigenvalue weighted by Gasteiger charge is 2.20. The summed E-state index contributed by atoms with van der Waals surface area (Å²) in [4.78, 5) is 10.4.